The van der Waals surface area contributed by atoms with Gasteiger partial charge in [-0.2, -0.15) is 5.10 Å². The Morgan fingerprint density at radius 1 is 1.15 bits per heavy atom. The van der Waals surface area contributed by atoms with Gasteiger partial charge < -0.3 is 14.7 Å². The number of aliphatic hydroxyl groups excluding tert-OH is 1. The van der Waals surface area contributed by atoms with Crippen LogP contribution in [0.2, 0.25) is 0 Å². The summed E-state index contributed by atoms with van der Waals surface area (Å²) in [6.45, 7) is 9.94. The van der Waals surface area contributed by atoms with Crippen molar-refractivity contribution in [1.82, 2.24) is 24.6 Å². The third-order valence-corrected chi connectivity index (χ3v) is 7.09. The number of hydrogen-bond acceptors (Lipinski definition) is 7. The number of aromatic nitrogens is 4. The van der Waals surface area contributed by atoms with Gasteiger partial charge in [0.25, 0.3) is 0 Å². The van der Waals surface area contributed by atoms with Crippen molar-refractivity contribution in [2.75, 3.05) is 50.9 Å². The normalized spacial score (nSPS) is 24.1. The molecule has 0 aliphatic carbocycles. The van der Waals surface area contributed by atoms with E-state index in [0.717, 1.165) is 47.4 Å². The van der Waals surface area contributed by atoms with Crippen LogP contribution in [0.4, 0.5) is 10.2 Å². The van der Waals surface area contributed by atoms with Gasteiger partial charge in [-0.3, -0.25) is 4.90 Å². The van der Waals surface area contributed by atoms with Crippen LogP contribution in [-0.4, -0.2) is 88.0 Å². The molecule has 182 valence electrons. The highest BCUT2D eigenvalue weighted by atomic mass is 19.1. The summed E-state index contributed by atoms with van der Waals surface area (Å²) in [5.41, 5.74) is 3.03. The molecule has 2 saturated heterocycles. The van der Waals surface area contributed by atoms with Crippen molar-refractivity contribution in [2.24, 2.45) is 0 Å². The molecule has 3 atom stereocenters. The van der Waals surface area contributed by atoms with Gasteiger partial charge >= 0.3 is 0 Å². The molecule has 3 aromatic rings. The third-order valence-electron chi connectivity index (χ3n) is 7.09. The second-order valence-electron chi connectivity index (χ2n) is 9.51. The lowest BCUT2D eigenvalue weighted by Gasteiger charge is -2.35. The van der Waals surface area contributed by atoms with Crippen molar-refractivity contribution in [3.05, 3.63) is 41.3 Å². The van der Waals surface area contributed by atoms with E-state index in [9.17, 15) is 5.11 Å². The lowest BCUT2D eigenvalue weighted by atomic mass is 9.85. The SMILES string of the molecule is Cc1nc(N2CCOC[C@@H]2C)cc(-n2ncc3cc(C)c(C4CCN(CCO)CC4F)cc32)n1. The highest BCUT2D eigenvalue weighted by Gasteiger charge is 2.31. The van der Waals surface area contributed by atoms with Crippen LogP contribution in [0, 0.1) is 13.8 Å². The molecule has 0 amide bonds. The van der Waals surface area contributed by atoms with Crippen molar-refractivity contribution in [3.63, 3.8) is 0 Å². The van der Waals surface area contributed by atoms with Crippen LogP contribution >= 0.6 is 0 Å². The van der Waals surface area contributed by atoms with Crippen LogP contribution < -0.4 is 4.90 Å². The molecule has 0 saturated carbocycles. The van der Waals surface area contributed by atoms with E-state index in [1.807, 2.05) is 35.7 Å². The van der Waals surface area contributed by atoms with Gasteiger partial charge in [0.05, 0.1) is 37.6 Å². The molecule has 2 aliphatic rings. The molecule has 0 radical (unpaired) electrons. The molecule has 2 aliphatic heterocycles. The average molecular weight is 469 g/mol. The zero-order valence-corrected chi connectivity index (χ0v) is 20.1. The van der Waals surface area contributed by atoms with E-state index in [1.165, 1.54) is 0 Å². The van der Waals surface area contributed by atoms with Gasteiger partial charge in [-0.1, -0.05) is 0 Å². The lowest BCUT2D eigenvalue weighted by molar-refractivity contribution is 0.0985. The minimum absolute atomic E-state index is 0.0606. The summed E-state index contributed by atoms with van der Waals surface area (Å²) in [6.07, 6.45) is 1.61. The van der Waals surface area contributed by atoms with Gasteiger partial charge in [-0.05, 0) is 57.0 Å². The van der Waals surface area contributed by atoms with Crippen LogP contribution in [0.5, 0.6) is 0 Å². The molecule has 5 rings (SSSR count). The summed E-state index contributed by atoms with van der Waals surface area (Å²) >= 11 is 0. The van der Waals surface area contributed by atoms with Crippen LogP contribution in [0.25, 0.3) is 16.7 Å². The Kier molecular flexibility index (Phi) is 6.50. The number of fused-ring (bicyclic) bond motifs is 1. The number of alkyl halides is 1. The Labute approximate surface area is 199 Å². The van der Waals surface area contributed by atoms with Crippen LogP contribution in [0.15, 0.2) is 24.4 Å². The molecule has 1 aromatic carbocycles. The smallest absolute Gasteiger partial charge is 0.159 e. The fourth-order valence-corrected chi connectivity index (χ4v) is 5.31. The van der Waals surface area contributed by atoms with E-state index >= 15 is 4.39 Å². The van der Waals surface area contributed by atoms with Gasteiger partial charge in [-0.25, -0.2) is 19.0 Å². The highest BCUT2D eigenvalue weighted by molar-refractivity contribution is 5.82. The van der Waals surface area contributed by atoms with E-state index in [0.29, 0.717) is 37.9 Å². The first-order chi connectivity index (χ1) is 16.4. The van der Waals surface area contributed by atoms with E-state index < -0.39 is 6.17 Å². The first-order valence-electron chi connectivity index (χ1n) is 12.1. The molecule has 2 unspecified atom stereocenters. The zero-order chi connectivity index (χ0) is 23.8. The largest absolute Gasteiger partial charge is 0.395 e. The first-order valence-corrected chi connectivity index (χ1v) is 12.1. The van der Waals surface area contributed by atoms with Crippen molar-refractivity contribution in [3.8, 4) is 5.82 Å². The first kappa shape index (κ1) is 23.1. The molecular formula is C25H33FN6O2. The van der Waals surface area contributed by atoms with E-state index in [-0.39, 0.29) is 18.6 Å². The second kappa shape index (κ2) is 9.56. The van der Waals surface area contributed by atoms with Gasteiger partial charge in [0.2, 0.25) is 0 Å². The minimum Gasteiger partial charge on any atom is -0.395 e. The number of morpholine rings is 1. The number of ether oxygens (including phenoxy) is 1. The summed E-state index contributed by atoms with van der Waals surface area (Å²) in [4.78, 5) is 13.6. The van der Waals surface area contributed by atoms with Gasteiger partial charge in [-0.15, -0.1) is 0 Å². The molecule has 9 heteroatoms. The summed E-state index contributed by atoms with van der Waals surface area (Å²) in [5, 5.41) is 14.9. The number of β-amino-alcohol motifs (C(OH)–C–C–N with tert-alkyl or cyclic N) is 1. The van der Waals surface area contributed by atoms with Crippen LogP contribution in [0.3, 0.4) is 0 Å². The summed E-state index contributed by atoms with van der Waals surface area (Å²) < 4.78 is 22.6. The Balaban J connectivity index is 1.51. The van der Waals surface area contributed by atoms with Crippen LogP contribution in [0.1, 0.15) is 36.2 Å². The number of aliphatic hydroxyl groups is 1. The van der Waals surface area contributed by atoms with Gasteiger partial charge in [0, 0.05) is 37.0 Å². The molecule has 2 aromatic heterocycles. The number of likely N-dealkylation sites (tertiary alicyclic amines) is 1. The molecule has 2 fully saturated rings. The van der Waals surface area contributed by atoms with E-state index in [2.05, 4.69) is 39.0 Å². The number of hydrogen-bond donors (Lipinski definition) is 1. The van der Waals surface area contributed by atoms with Crippen molar-refractivity contribution in [2.45, 2.75) is 45.3 Å². The minimum atomic E-state index is -0.969. The lowest BCUT2D eigenvalue weighted by Crippen LogP contribution is -2.44. The Morgan fingerprint density at radius 2 is 1.97 bits per heavy atom. The predicted octanol–water partition coefficient (Wildman–Crippen LogP) is 2.78. The number of rotatable bonds is 5. The van der Waals surface area contributed by atoms with Crippen molar-refractivity contribution in [1.29, 1.82) is 0 Å². The van der Waals surface area contributed by atoms with Crippen molar-refractivity contribution < 1.29 is 14.2 Å². The standard InChI is InChI=1S/C25H33FN6O2/c1-16-10-19-13-27-32(23(19)11-21(16)20-4-5-30(6-8-33)14-22(20)26)25-12-24(28-18(3)29-25)31-7-9-34-15-17(31)2/h10-13,17,20,22,33H,4-9,14-15H2,1-3H3/t17-,20?,22?/m0/s1. The topological polar surface area (TPSA) is 79.5 Å². The predicted molar refractivity (Wildman–Crippen MR) is 130 cm³/mol. The number of benzene rings is 1. The summed E-state index contributed by atoms with van der Waals surface area (Å²) in [5.74, 6) is 2.09. The molecule has 4 heterocycles. The number of piperidine rings is 1. The second-order valence-corrected chi connectivity index (χ2v) is 9.51. The van der Waals surface area contributed by atoms with Crippen molar-refractivity contribution >= 4 is 16.7 Å². The number of anilines is 1. The Hall–Kier alpha value is -2.62. The maximum absolute atomic E-state index is 15.2. The van der Waals surface area contributed by atoms with Gasteiger partial charge in [0.1, 0.15) is 17.8 Å². The van der Waals surface area contributed by atoms with Crippen LogP contribution in [-0.2, 0) is 4.74 Å². The maximum atomic E-state index is 15.2. The summed E-state index contributed by atoms with van der Waals surface area (Å²) in [6, 6.07) is 6.40. The fourth-order valence-electron chi connectivity index (χ4n) is 5.31. The molecule has 0 spiro atoms. The summed E-state index contributed by atoms with van der Waals surface area (Å²) in [7, 11) is 0. The number of halogens is 1. The monoisotopic (exact) mass is 468 g/mol. The highest BCUT2D eigenvalue weighted by Crippen LogP contribution is 2.35. The average Bonchev–Trinajstić information content (AvgIpc) is 3.21. The molecule has 1 N–H and O–H groups in total. The number of nitrogens with zero attached hydrogens (tertiary/aromatic N) is 6. The zero-order valence-electron chi connectivity index (χ0n) is 20.1. The molecule has 34 heavy (non-hydrogen) atoms. The van der Waals surface area contributed by atoms with Gasteiger partial charge in [0.15, 0.2) is 5.82 Å². The molecular weight excluding hydrogens is 435 g/mol. The number of aryl methyl sites for hydroxylation is 2. The molecule has 8 nitrogen and oxygen atoms in total. The maximum Gasteiger partial charge on any atom is 0.159 e. The van der Waals surface area contributed by atoms with E-state index in [1.54, 1.807) is 0 Å². The Bertz CT molecular complexity index is 1170. The Morgan fingerprint density at radius 3 is 2.74 bits per heavy atom. The van der Waals surface area contributed by atoms with E-state index in [4.69, 9.17) is 4.74 Å². The molecule has 0 bridgehead atoms. The fraction of sp³-hybridized carbons (Fsp3) is 0.560. The quantitative estimate of drug-likeness (QED) is 0.617. The third kappa shape index (κ3) is 4.39.